The Labute approximate surface area is 127 Å². The predicted octanol–water partition coefficient (Wildman–Crippen LogP) is 2.98. The third kappa shape index (κ3) is 2.07. The molecule has 2 heterocycles. The maximum atomic E-state index is 11.7. The number of rotatable bonds is 3. The van der Waals surface area contributed by atoms with Crippen molar-refractivity contribution in [1.29, 1.82) is 0 Å². The highest BCUT2D eigenvalue weighted by atomic mass is 32.1. The molecule has 0 bridgehead atoms. The molecule has 0 unspecified atom stereocenters. The number of likely N-dealkylation sites (tertiary alicyclic amines) is 1. The SMILES string of the molecule is O=C(O)[C@@]12CCC[C@H]1CN(Cc1nc3ccccc3s1)C2. The Bertz CT molecular complexity index is 665. The van der Waals surface area contributed by atoms with Crippen LogP contribution in [0.25, 0.3) is 10.2 Å². The molecule has 1 aliphatic carbocycles. The molecule has 1 saturated carbocycles. The van der Waals surface area contributed by atoms with Crippen LogP contribution >= 0.6 is 11.3 Å². The number of benzene rings is 1. The van der Waals surface area contributed by atoms with Gasteiger partial charge in [0.05, 0.1) is 22.2 Å². The minimum atomic E-state index is -0.600. The van der Waals surface area contributed by atoms with E-state index in [1.54, 1.807) is 11.3 Å². The van der Waals surface area contributed by atoms with E-state index in [0.29, 0.717) is 12.5 Å². The van der Waals surface area contributed by atoms with Crippen molar-refractivity contribution in [2.24, 2.45) is 11.3 Å². The highest BCUT2D eigenvalue weighted by molar-refractivity contribution is 7.18. The molecule has 4 nitrogen and oxygen atoms in total. The van der Waals surface area contributed by atoms with Gasteiger partial charge in [0.15, 0.2) is 0 Å². The van der Waals surface area contributed by atoms with Gasteiger partial charge in [-0.05, 0) is 30.9 Å². The first-order chi connectivity index (χ1) is 10.2. The normalized spacial score (nSPS) is 29.0. The molecular formula is C16H18N2O2S. The van der Waals surface area contributed by atoms with E-state index in [4.69, 9.17) is 0 Å². The number of hydrogen-bond acceptors (Lipinski definition) is 4. The number of thiazole rings is 1. The number of aromatic nitrogens is 1. The zero-order chi connectivity index (χ0) is 14.4. The topological polar surface area (TPSA) is 53.4 Å². The monoisotopic (exact) mass is 302 g/mol. The van der Waals surface area contributed by atoms with Gasteiger partial charge in [0, 0.05) is 13.1 Å². The summed E-state index contributed by atoms with van der Waals surface area (Å²) in [5.41, 5.74) is 0.557. The largest absolute Gasteiger partial charge is 0.481 e. The second kappa shape index (κ2) is 4.78. The summed E-state index contributed by atoms with van der Waals surface area (Å²) in [5, 5.41) is 10.7. The average Bonchev–Trinajstić information content (AvgIpc) is 3.09. The van der Waals surface area contributed by atoms with Gasteiger partial charge in [-0.25, -0.2) is 4.98 Å². The van der Waals surface area contributed by atoms with Crippen molar-refractivity contribution in [1.82, 2.24) is 9.88 Å². The van der Waals surface area contributed by atoms with E-state index < -0.39 is 11.4 Å². The van der Waals surface area contributed by atoms with E-state index in [0.717, 1.165) is 42.9 Å². The Morgan fingerprint density at radius 2 is 2.33 bits per heavy atom. The second-order valence-corrected chi connectivity index (χ2v) is 7.41. The van der Waals surface area contributed by atoms with Crippen LogP contribution in [0.2, 0.25) is 0 Å². The summed E-state index contributed by atoms with van der Waals surface area (Å²) >= 11 is 1.72. The molecule has 0 amide bonds. The second-order valence-electron chi connectivity index (χ2n) is 6.30. The van der Waals surface area contributed by atoms with E-state index in [1.165, 1.54) is 4.70 Å². The number of carboxylic acids is 1. The lowest BCUT2D eigenvalue weighted by molar-refractivity contribution is -0.149. The first kappa shape index (κ1) is 13.2. The van der Waals surface area contributed by atoms with E-state index in [2.05, 4.69) is 16.0 Å². The van der Waals surface area contributed by atoms with Gasteiger partial charge in [-0.2, -0.15) is 0 Å². The molecule has 0 radical (unpaired) electrons. The van der Waals surface area contributed by atoms with Crippen molar-refractivity contribution in [3.63, 3.8) is 0 Å². The van der Waals surface area contributed by atoms with Crippen LogP contribution in [-0.2, 0) is 11.3 Å². The summed E-state index contributed by atoms with van der Waals surface area (Å²) in [6, 6.07) is 8.16. The van der Waals surface area contributed by atoms with Gasteiger partial charge < -0.3 is 5.11 Å². The molecule has 4 rings (SSSR count). The smallest absolute Gasteiger partial charge is 0.311 e. The van der Waals surface area contributed by atoms with Crippen molar-refractivity contribution in [3.8, 4) is 0 Å². The van der Waals surface area contributed by atoms with Crippen LogP contribution < -0.4 is 0 Å². The number of nitrogens with zero attached hydrogens (tertiary/aromatic N) is 2. The van der Waals surface area contributed by atoms with E-state index in [9.17, 15) is 9.90 Å². The van der Waals surface area contributed by atoms with Crippen molar-refractivity contribution in [3.05, 3.63) is 29.3 Å². The molecule has 2 aromatic rings. The lowest BCUT2D eigenvalue weighted by Gasteiger charge is -2.23. The first-order valence-corrected chi connectivity index (χ1v) is 8.29. The van der Waals surface area contributed by atoms with Crippen LogP contribution in [0.15, 0.2) is 24.3 Å². The van der Waals surface area contributed by atoms with Crippen LogP contribution in [0, 0.1) is 11.3 Å². The van der Waals surface area contributed by atoms with E-state index in [1.807, 2.05) is 18.2 Å². The summed E-state index contributed by atoms with van der Waals surface area (Å²) in [7, 11) is 0. The van der Waals surface area contributed by atoms with Crippen LogP contribution in [0.3, 0.4) is 0 Å². The van der Waals surface area contributed by atoms with Crippen molar-refractivity contribution in [2.75, 3.05) is 13.1 Å². The van der Waals surface area contributed by atoms with Crippen LogP contribution in [0.1, 0.15) is 24.3 Å². The van der Waals surface area contributed by atoms with Crippen molar-refractivity contribution in [2.45, 2.75) is 25.8 Å². The third-order valence-electron chi connectivity index (χ3n) is 5.06. The Hall–Kier alpha value is -1.46. The maximum Gasteiger partial charge on any atom is 0.311 e. The minimum absolute atomic E-state index is 0.323. The number of hydrogen-bond donors (Lipinski definition) is 1. The summed E-state index contributed by atoms with van der Waals surface area (Å²) in [4.78, 5) is 18.7. The standard InChI is InChI=1S/C16H18N2O2S/c19-15(20)16-7-3-4-11(16)8-18(10-16)9-14-17-12-5-1-2-6-13(12)21-14/h1-2,5-6,11H,3-4,7-10H2,(H,19,20)/t11-,16+/m0/s1. The van der Waals surface area contributed by atoms with Crippen LogP contribution in [-0.4, -0.2) is 34.0 Å². The van der Waals surface area contributed by atoms with Gasteiger partial charge >= 0.3 is 5.97 Å². The fourth-order valence-electron chi connectivity index (χ4n) is 4.04. The molecule has 1 aromatic carbocycles. The van der Waals surface area contributed by atoms with Gasteiger partial charge in [-0.3, -0.25) is 9.69 Å². The maximum absolute atomic E-state index is 11.7. The molecule has 2 fully saturated rings. The van der Waals surface area contributed by atoms with Crippen molar-refractivity contribution < 1.29 is 9.90 Å². The number of carbonyl (C=O) groups is 1. The number of aliphatic carboxylic acids is 1. The minimum Gasteiger partial charge on any atom is -0.481 e. The molecule has 1 aromatic heterocycles. The highest BCUT2D eigenvalue weighted by Gasteiger charge is 2.54. The molecule has 0 spiro atoms. The summed E-state index contributed by atoms with van der Waals surface area (Å²) < 4.78 is 1.21. The van der Waals surface area contributed by atoms with Crippen molar-refractivity contribution >= 4 is 27.5 Å². The third-order valence-corrected chi connectivity index (χ3v) is 6.09. The van der Waals surface area contributed by atoms with Gasteiger partial charge in [-0.15, -0.1) is 11.3 Å². The van der Waals surface area contributed by atoms with Gasteiger partial charge in [-0.1, -0.05) is 18.6 Å². The Kier molecular flexibility index (Phi) is 3.01. The highest BCUT2D eigenvalue weighted by Crippen LogP contribution is 2.49. The molecule has 5 heteroatoms. The fraction of sp³-hybridized carbons (Fsp3) is 0.500. The average molecular weight is 302 g/mol. The fourth-order valence-corrected chi connectivity index (χ4v) is 5.05. The Balaban J connectivity index is 1.55. The predicted molar refractivity (Wildman–Crippen MR) is 82.3 cm³/mol. The van der Waals surface area contributed by atoms with E-state index >= 15 is 0 Å². The van der Waals surface area contributed by atoms with Crippen LogP contribution in [0.5, 0.6) is 0 Å². The summed E-state index contributed by atoms with van der Waals surface area (Å²) in [5.74, 6) is -0.277. The number of para-hydroxylation sites is 1. The van der Waals surface area contributed by atoms with Gasteiger partial charge in [0.1, 0.15) is 5.01 Å². The molecular weight excluding hydrogens is 284 g/mol. The summed E-state index contributed by atoms with van der Waals surface area (Å²) in [6.07, 6.45) is 2.96. The molecule has 21 heavy (non-hydrogen) atoms. The summed E-state index contributed by atoms with van der Waals surface area (Å²) in [6.45, 7) is 2.37. The zero-order valence-electron chi connectivity index (χ0n) is 11.8. The van der Waals surface area contributed by atoms with Crippen LogP contribution in [0.4, 0.5) is 0 Å². The molecule has 110 valence electrons. The number of carboxylic acid groups (broad SMARTS) is 1. The molecule has 2 atom stereocenters. The Morgan fingerprint density at radius 3 is 3.10 bits per heavy atom. The quantitative estimate of drug-likeness (QED) is 0.947. The van der Waals surface area contributed by atoms with Gasteiger partial charge in [0.2, 0.25) is 0 Å². The molecule has 1 saturated heterocycles. The molecule has 2 aliphatic rings. The lowest BCUT2D eigenvalue weighted by Crippen LogP contribution is -2.35. The van der Waals surface area contributed by atoms with Gasteiger partial charge in [0.25, 0.3) is 0 Å². The van der Waals surface area contributed by atoms with E-state index in [-0.39, 0.29) is 0 Å². The zero-order valence-corrected chi connectivity index (χ0v) is 12.6. The lowest BCUT2D eigenvalue weighted by atomic mass is 9.81. The molecule has 1 aliphatic heterocycles. The number of fused-ring (bicyclic) bond motifs is 2. The molecule has 1 N–H and O–H groups in total. The first-order valence-electron chi connectivity index (χ1n) is 7.48. The Morgan fingerprint density at radius 1 is 1.48 bits per heavy atom.